The molecule has 0 radical (unpaired) electrons. The summed E-state index contributed by atoms with van der Waals surface area (Å²) in [5.41, 5.74) is -0.606. The molecule has 1 aliphatic carbocycles. The lowest BCUT2D eigenvalue weighted by atomic mass is 9.78. The van der Waals surface area contributed by atoms with Crippen molar-refractivity contribution in [3.63, 3.8) is 0 Å². The molecule has 1 aromatic rings. The van der Waals surface area contributed by atoms with Crippen LogP contribution in [-0.4, -0.2) is 23.7 Å². The maximum Gasteiger partial charge on any atom is 0.392 e. The predicted octanol–water partition coefficient (Wildman–Crippen LogP) is 8.09. The van der Waals surface area contributed by atoms with Crippen LogP contribution in [0.3, 0.4) is 0 Å². The normalized spacial score (nSPS) is 19.6. The first-order valence-corrected chi connectivity index (χ1v) is 12.7. The molecule has 2 rings (SSSR count). The molecule has 0 saturated heterocycles. The van der Waals surface area contributed by atoms with Crippen molar-refractivity contribution in [2.24, 2.45) is 23.2 Å². The van der Waals surface area contributed by atoms with Gasteiger partial charge in [-0.05, 0) is 76.6 Å². The minimum atomic E-state index is -4.57. The van der Waals surface area contributed by atoms with E-state index < -0.39 is 40.9 Å². The van der Waals surface area contributed by atoms with Crippen molar-refractivity contribution in [2.75, 3.05) is 5.32 Å². The van der Waals surface area contributed by atoms with Crippen LogP contribution in [-0.2, 0) is 20.7 Å². The van der Waals surface area contributed by atoms with Gasteiger partial charge >= 0.3 is 12.1 Å². The highest BCUT2D eigenvalue weighted by atomic mass is 35.5. The lowest BCUT2D eigenvalue weighted by molar-refractivity contribution is -0.188. The highest BCUT2D eigenvalue weighted by molar-refractivity contribution is 6.33. The van der Waals surface area contributed by atoms with Gasteiger partial charge in [0.05, 0.1) is 28.0 Å². The zero-order valence-electron chi connectivity index (χ0n) is 21.4. The molecule has 1 amide bonds. The van der Waals surface area contributed by atoms with Crippen LogP contribution in [0.15, 0.2) is 41.5 Å². The van der Waals surface area contributed by atoms with Gasteiger partial charge in [0.15, 0.2) is 0 Å². The molecule has 0 heterocycles. The van der Waals surface area contributed by atoms with Gasteiger partial charge < -0.3 is 10.1 Å². The Morgan fingerprint density at radius 2 is 1.81 bits per heavy atom. The third-order valence-corrected chi connectivity index (χ3v) is 7.07. The van der Waals surface area contributed by atoms with E-state index in [0.717, 1.165) is 6.92 Å². The van der Waals surface area contributed by atoms with Crippen molar-refractivity contribution in [1.29, 1.82) is 0 Å². The summed E-state index contributed by atoms with van der Waals surface area (Å²) in [6.45, 7) is 10.1. The Balaban J connectivity index is 2.32. The van der Waals surface area contributed by atoms with Crippen LogP contribution in [0.25, 0.3) is 0 Å². The number of carbonyl (C=O) groups is 2. The minimum Gasteiger partial charge on any atom is -0.460 e. The Morgan fingerprint density at radius 1 is 1.17 bits per heavy atom. The molecule has 0 aromatic heterocycles. The van der Waals surface area contributed by atoms with Crippen LogP contribution in [0.1, 0.15) is 59.9 Å². The molecule has 200 valence electrons. The highest BCUT2D eigenvalue weighted by Crippen LogP contribution is 2.40. The van der Waals surface area contributed by atoms with Crippen LogP contribution < -0.4 is 5.32 Å². The Hall–Kier alpha value is -1.99. The summed E-state index contributed by atoms with van der Waals surface area (Å²) in [4.78, 5) is 26.1. The maximum absolute atomic E-state index is 13.7. The van der Waals surface area contributed by atoms with Gasteiger partial charge in [-0.3, -0.25) is 9.59 Å². The van der Waals surface area contributed by atoms with E-state index in [4.69, 9.17) is 27.9 Å². The van der Waals surface area contributed by atoms with E-state index in [-0.39, 0.29) is 23.1 Å². The Bertz CT molecular complexity index is 1030. The van der Waals surface area contributed by atoms with E-state index >= 15 is 0 Å². The molecule has 9 heteroatoms. The van der Waals surface area contributed by atoms with Gasteiger partial charge in [-0.2, -0.15) is 13.2 Å². The minimum absolute atomic E-state index is 0.183. The molecular weight excluding hydrogens is 514 g/mol. The molecule has 0 aliphatic heterocycles. The van der Waals surface area contributed by atoms with Crippen LogP contribution in [0.5, 0.6) is 0 Å². The number of rotatable bonds is 8. The van der Waals surface area contributed by atoms with E-state index in [0.29, 0.717) is 23.4 Å². The number of amides is 1. The van der Waals surface area contributed by atoms with Crippen molar-refractivity contribution < 1.29 is 27.5 Å². The summed E-state index contributed by atoms with van der Waals surface area (Å²) < 4.78 is 46.6. The second-order valence-electron chi connectivity index (χ2n) is 10.6. The Labute approximate surface area is 221 Å². The highest BCUT2D eigenvalue weighted by Gasteiger charge is 2.47. The summed E-state index contributed by atoms with van der Waals surface area (Å²) in [6.07, 6.45) is 1.10. The molecule has 36 heavy (non-hydrogen) atoms. The number of alkyl halides is 3. The number of nitrogens with one attached hydrogen (secondary N) is 1. The SMILES string of the molecule is CCC(C)(Cc1ccc(Cl)c(NC(=O)[C@H](C2C=CC(Cl)=CC2)[C@@H](C)C(F)(F)F)c1)C(=O)OC(C)(C)C. The van der Waals surface area contributed by atoms with Crippen LogP contribution >= 0.6 is 23.2 Å². The summed E-state index contributed by atoms with van der Waals surface area (Å²) >= 11 is 12.2. The number of esters is 1. The van der Waals surface area contributed by atoms with Gasteiger partial charge in [-0.15, -0.1) is 0 Å². The van der Waals surface area contributed by atoms with E-state index in [1.807, 2.05) is 6.92 Å². The Morgan fingerprint density at radius 3 is 2.31 bits per heavy atom. The van der Waals surface area contributed by atoms with Crippen LogP contribution in [0, 0.1) is 23.2 Å². The van der Waals surface area contributed by atoms with Crippen molar-refractivity contribution in [3.05, 3.63) is 52.0 Å². The smallest absolute Gasteiger partial charge is 0.392 e. The van der Waals surface area contributed by atoms with Crippen molar-refractivity contribution in [2.45, 2.75) is 72.6 Å². The average Bonchev–Trinajstić information content (AvgIpc) is 2.75. The zero-order chi connectivity index (χ0) is 27.5. The second kappa shape index (κ2) is 11.6. The first kappa shape index (κ1) is 30.2. The fourth-order valence-corrected chi connectivity index (χ4v) is 4.39. The molecule has 0 spiro atoms. The number of allylic oxidation sites excluding steroid dienone is 4. The predicted molar refractivity (Wildman–Crippen MR) is 138 cm³/mol. The Kier molecular flexibility index (Phi) is 9.74. The molecule has 4 atom stereocenters. The molecule has 0 bridgehead atoms. The van der Waals surface area contributed by atoms with E-state index in [1.165, 1.54) is 6.08 Å². The second-order valence-corrected chi connectivity index (χ2v) is 11.4. The quantitative estimate of drug-likeness (QED) is 0.334. The lowest BCUT2D eigenvalue weighted by Crippen LogP contribution is -2.40. The number of hydrogen-bond acceptors (Lipinski definition) is 3. The lowest BCUT2D eigenvalue weighted by Gasteiger charge is -2.32. The van der Waals surface area contributed by atoms with Gasteiger partial charge in [0.1, 0.15) is 5.60 Å². The number of hydrogen-bond donors (Lipinski definition) is 1. The van der Waals surface area contributed by atoms with E-state index in [2.05, 4.69) is 5.32 Å². The average molecular weight is 548 g/mol. The summed E-state index contributed by atoms with van der Waals surface area (Å²) in [6, 6.07) is 4.88. The largest absolute Gasteiger partial charge is 0.460 e. The molecule has 1 aliphatic rings. The van der Waals surface area contributed by atoms with Gasteiger partial charge in [0, 0.05) is 5.03 Å². The number of halogens is 5. The van der Waals surface area contributed by atoms with Crippen molar-refractivity contribution in [1.82, 2.24) is 0 Å². The molecule has 0 fully saturated rings. The molecule has 0 saturated carbocycles. The van der Waals surface area contributed by atoms with Crippen LogP contribution in [0.2, 0.25) is 5.02 Å². The standard InChI is InChI=1S/C27H34Cl2F3NO3/c1-7-26(6,24(35)36-25(3,4)5)15-17-8-13-20(29)21(14-17)33-23(34)22(16(2)27(30,31)32)18-9-11-19(28)12-10-18/h8-9,11-14,16,18,22H,7,10,15H2,1-6H3,(H,33,34)/t16-,18?,22+,26?/m1/s1. The molecular formula is C27H34Cl2F3NO3. The first-order valence-electron chi connectivity index (χ1n) is 11.9. The summed E-state index contributed by atoms with van der Waals surface area (Å²) in [7, 11) is 0. The van der Waals surface area contributed by atoms with Crippen molar-refractivity contribution >= 4 is 40.8 Å². The number of anilines is 1. The number of benzene rings is 1. The number of carbonyl (C=O) groups excluding carboxylic acids is 2. The van der Waals surface area contributed by atoms with Gasteiger partial charge in [0.25, 0.3) is 0 Å². The molecule has 1 aromatic carbocycles. The molecule has 2 unspecified atom stereocenters. The van der Waals surface area contributed by atoms with E-state index in [9.17, 15) is 22.8 Å². The van der Waals surface area contributed by atoms with Crippen LogP contribution in [0.4, 0.5) is 18.9 Å². The monoisotopic (exact) mass is 547 g/mol. The third-order valence-electron chi connectivity index (χ3n) is 6.46. The molecule has 4 nitrogen and oxygen atoms in total. The maximum atomic E-state index is 13.7. The fourth-order valence-electron chi connectivity index (χ4n) is 4.06. The van der Waals surface area contributed by atoms with Gasteiger partial charge in [0.2, 0.25) is 5.91 Å². The fraction of sp³-hybridized carbons (Fsp3) is 0.556. The zero-order valence-corrected chi connectivity index (χ0v) is 22.9. The topological polar surface area (TPSA) is 55.4 Å². The third kappa shape index (κ3) is 8.01. The first-order chi connectivity index (χ1) is 16.5. The van der Waals surface area contributed by atoms with E-state index in [1.54, 1.807) is 58.0 Å². The van der Waals surface area contributed by atoms with Gasteiger partial charge in [-0.1, -0.05) is 55.3 Å². The summed E-state index contributed by atoms with van der Waals surface area (Å²) in [5.74, 6) is -5.10. The van der Waals surface area contributed by atoms with Gasteiger partial charge in [-0.25, -0.2) is 0 Å². The summed E-state index contributed by atoms with van der Waals surface area (Å²) in [5, 5.41) is 3.21. The molecule has 1 N–H and O–H groups in total. The number of ether oxygens (including phenoxy) is 1. The van der Waals surface area contributed by atoms with Crippen molar-refractivity contribution in [3.8, 4) is 0 Å².